The van der Waals surface area contributed by atoms with E-state index in [2.05, 4.69) is 5.32 Å². The third-order valence-corrected chi connectivity index (χ3v) is 3.74. The highest BCUT2D eigenvalue weighted by molar-refractivity contribution is 5.98. The van der Waals surface area contributed by atoms with Crippen LogP contribution in [0.1, 0.15) is 18.9 Å². The molecule has 8 heteroatoms. The molecule has 2 amide bonds. The van der Waals surface area contributed by atoms with Crippen molar-refractivity contribution in [2.24, 2.45) is 0 Å². The Hall–Kier alpha value is -3.16. The summed E-state index contributed by atoms with van der Waals surface area (Å²) >= 11 is 0. The summed E-state index contributed by atoms with van der Waals surface area (Å²) in [5, 5.41) is 2.12. The van der Waals surface area contributed by atoms with Crippen molar-refractivity contribution < 1.29 is 27.2 Å². The molecule has 0 atom stereocenters. The van der Waals surface area contributed by atoms with Crippen molar-refractivity contribution in [2.75, 3.05) is 18.4 Å². The Morgan fingerprint density at radius 1 is 1.00 bits per heavy atom. The van der Waals surface area contributed by atoms with Crippen molar-refractivity contribution in [3.05, 3.63) is 71.3 Å². The summed E-state index contributed by atoms with van der Waals surface area (Å²) in [7, 11) is 0. The molecule has 2 aromatic carbocycles. The fourth-order valence-corrected chi connectivity index (χ4v) is 2.37. The van der Waals surface area contributed by atoms with Crippen molar-refractivity contribution in [2.45, 2.75) is 13.3 Å². The molecular weight excluding hydrogens is 376 g/mol. The molecule has 0 aliphatic heterocycles. The fraction of sp³-hybridized carbons (Fsp3) is 0.200. The van der Waals surface area contributed by atoms with E-state index in [0.29, 0.717) is 18.1 Å². The van der Waals surface area contributed by atoms with Crippen molar-refractivity contribution in [3.8, 4) is 0 Å². The van der Waals surface area contributed by atoms with Crippen LogP contribution in [-0.2, 0) is 9.59 Å². The second kappa shape index (κ2) is 9.68. The van der Waals surface area contributed by atoms with Gasteiger partial charge in [0.25, 0.3) is 0 Å². The summed E-state index contributed by atoms with van der Waals surface area (Å²) in [6, 6.07) is 7.06. The predicted octanol–water partition coefficient (Wildman–Crippen LogP) is 4.13. The largest absolute Gasteiger partial charge is 0.330 e. The zero-order chi connectivity index (χ0) is 20.7. The van der Waals surface area contributed by atoms with Gasteiger partial charge in [0.05, 0.1) is 5.69 Å². The molecule has 0 fully saturated rings. The first-order valence-corrected chi connectivity index (χ1v) is 8.47. The third kappa shape index (κ3) is 5.67. The van der Waals surface area contributed by atoms with Crippen LogP contribution in [0.25, 0.3) is 6.08 Å². The molecule has 0 aliphatic carbocycles. The van der Waals surface area contributed by atoms with Crippen LogP contribution in [0.4, 0.5) is 23.2 Å². The van der Waals surface area contributed by atoms with Crippen molar-refractivity contribution in [3.63, 3.8) is 0 Å². The topological polar surface area (TPSA) is 49.4 Å². The first-order valence-electron chi connectivity index (χ1n) is 8.47. The molecule has 0 unspecified atom stereocenters. The standard InChI is InChI=1S/C20H18F4N2O2/c1-2-11-26(18(28)10-5-13-3-6-14(21)7-4-13)12-17(27)25-16-9-8-15(22)19(23)20(16)24/h3-10H,2,11-12H2,1H3,(H,25,27)/b10-5+. The van der Waals surface area contributed by atoms with Gasteiger partial charge in [-0.15, -0.1) is 0 Å². The predicted molar refractivity (Wildman–Crippen MR) is 97.3 cm³/mol. The first-order chi connectivity index (χ1) is 13.3. The minimum Gasteiger partial charge on any atom is -0.330 e. The lowest BCUT2D eigenvalue weighted by Gasteiger charge is -2.20. The SMILES string of the molecule is CCCN(CC(=O)Nc1ccc(F)c(F)c1F)C(=O)/C=C/c1ccc(F)cc1. The summed E-state index contributed by atoms with van der Waals surface area (Å²) in [4.78, 5) is 25.7. The molecule has 0 aliphatic rings. The van der Waals surface area contributed by atoms with Crippen LogP contribution in [-0.4, -0.2) is 29.8 Å². The number of rotatable bonds is 7. The van der Waals surface area contributed by atoms with E-state index >= 15 is 0 Å². The Morgan fingerprint density at radius 3 is 2.32 bits per heavy atom. The summed E-state index contributed by atoms with van der Waals surface area (Å²) in [5.41, 5.74) is 0.0779. The number of nitrogens with zero attached hydrogens (tertiary/aromatic N) is 1. The minimum absolute atomic E-state index is 0.250. The Morgan fingerprint density at radius 2 is 1.68 bits per heavy atom. The zero-order valence-electron chi connectivity index (χ0n) is 15.0. The fourth-order valence-electron chi connectivity index (χ4n) is 2.37. The maximum Gasteiger partial charge on any atom is 0.247 e. The van der Waals surface area contributed by atoms with E-state index in [0.717, 1.165) is 6.07 Å². The molecule has 0 saturated carbocycles. The number of halogens is 4. The van der Waals surface area contributed by atoms with Crippen LogP contribution in [0.2, 0.25) is 0 Å². The van der Waals surface area contributed by atoms with E-state index < -0.39 is 47.3 Å². The maximum atomic E-state index is 13.7. The van der Waals surface area contributed by atoms with Crippen molar-refractivity contribution in [1.29, 1.82) is 0 Å². The van der Waals surface area contributed by atoms with Gasteiger partial charge in [-0.2, -0.15) is 0 Å². The molecule has 148 valence electrons. The van der Waals surface area contributed by atoms with Gasteiger partial charge in [-0.3, -0.25) is 9.59 Å². The number of hydrogen-bond donors (Lipinski definition) is 1. The van der Waals surface area contributed by atoms with E-state index in [4.69, 9.17) is 0 Å². The van der Waals surface area contributed by atoms with Crippen molar-refractivity contribution >= 4 is 23.6 Å². The van der Waals surface area contributed by atoms with Gasteiger partial charge in [-0.05, 0) is 42.3 Å². The van der Waals surface area contributed by atoms with Gasteiger partial charge in [0.1, 0.15) is 12.4 Å². The van der Waals surface area contributed by atoms with E-state index in [-0.39, 0.29) is 6.54 Å². The number of benzene rings is 2. The van der Waals surface area contributed by atoms with E-state index in [1.165, 1.54) is 41.3 Å². The van der Waals surface area contributed by atoms with Crippen LogP contribution >= 0.6 is 0 Å². The highest BCUT2D eigenvalue weighted by Gasteiger charge is 2.18. The van der Waals surface area contributed by atoms with Crippen LogP contribution in [0.15, 0.2) is 42.5 Å². The summed E-state index contributed by atoms with van der Waals surface area (Å²) in [6.45, 7) is 1.65. The Kier molecular flexibility index (Phi) is 7.31. The molecule has 28 heavy (non-hydrogen) atoms. The van der Waals surface area contributed by atoms with Crippen LogP contribution in [0, 0.1) is 23.3 Å². The second-order valence-corrected chi connectivity index (χ2v) is 5.92. The maximum absolute atomic E-state index is 13.7. The Balaban J connectivity index is 2.04. The minimum atomic E-state index is -1.69. The summed E-state index contributed by atoms with van der Waals surface area (Å²) in [6.07, 6.45) is 3.26. The van der Waals surface area contributed by atoms with Gasteiger partial charge < -0.3 is 10.2 Å². The molecule has 0 aromatic heterocycles. The first kappa shape index (κ1) is 21.1. The molecule has 0 heterocycles. The van der Waals surface area contributed by atoms with Gasteiger partial charge in [0.15, 0.2) is 17.5 Å². The molecule has 2 aromatic rings. The molecule has 0 radical (unpaired) electrons. The van der Waals surface area contributed by atoms with Crippen LogP contribution in [0.3, 0.4) is 0 Å². The lowest BCUT2D eigenvalue weighted by atomic mass is 10.2. The third-order valence-electron chi connectivity index (χ3n) is 3.74. The number of nitrogens with one attached hydrogen (secondary N) is 1. The number of carbonyl (C=O) groups excluding carboxylic acids is 2. The molecule has 0 bridgehead atoms. The second-order valence-electron chi connectivity index (χ2n) is 5.92. The Labute approximate surface area is 159 Å². The molecular formula is C20H18F4N2O2. The zero-order valence-corrected chi connectivity index (χ0v) is 15.0. The highest BCUT2D eigenvalue weighted by Crippen LogP contribution is 2.19. The van der Waals surface area contributed by atoms with Gasteiger partial charge in [0.2, 0.25) is 11.8 Å². The summed E-state index contributed by atoms with van der Waals surface area (Å²) in [5.74, 6) is -6.23. The molecule has 0 saturated heterocycles. The van der Waals surface area contributed by atoms with Gasteiger partial charge >= 0.3 is 0 Å². The number of hydrogen-bond acceptors (Lipinski definition) is 2. The lowest BCUT2D eigenvalue weighted by molar-refractivity contribution is -0.130. The van der Waals surface area contributed by atoms with Crippen molar-refractivity contribution in [1.82, 2.24) is 4.90 Å². The van der Waals surface area contributed by atoms with Crippen LogP contribution in [0.5, 0.6) is 0 Å². The van der Waals surface area contributed by atoms with Gasteiger partial charge in [-0.1, -0.05) is 19.1 Å². The number of carbonyl (C=O) groups is 2. The number of amides is 2. The van der Waals surface area contributed by atoms with E-state index in [1.807, 2.05) is 0 Å². The highest BCUT2D eigenvalue weighted by atomic mass is 19.2. The molecule has 4 nitrogen and oxygen atoms in total. The lowest BCUT2D eigenvalue weighted by Crippen LogP contribution is -2.37. The quantitative estimate of drug-likeness (QED) is 0.436. The number of anilines is 1. The van der Waals surface area contributed by atoms with E-state index in [1.54, 1.807) is 6.92 Å². The average Bonchev–Trinajstić information content (AvgIpc) is 2.67. The van der Waals surface area contributed by atoms with Gasteiger partial charge in [-0.25, -0.2) is 17.6 Å². The monoisotopic (exact) mass is 394 g/mol. The molecule has 0 spiro atoms. The molecule has 1 N–H and O–H groups in total. The molecule has 2 rings (SSSR count). The Bertz CT molecular complexity index is 883. The smallest absolute Gasteiger partial charge is 0.247 e. The van der Waals surface area contributed by atoms with Gasteiger partial charge in [0, 0.05) is 12.6 Å². The summed E-state index contributed by atoms with van der Waals surface area (Å²) < 4.78 is 52.7. The average molecular weight is 394 g/mol. The van der Waals surface area contributed by atoms with E-state index in [9.17, 15) is 27.2 Å². The normalized spacial score (nSPS) is 10.9. The van der Waals surface area contributed by atoms with Crippen LogP contribution < -0.4 is 5.32 Å².